The summed E-state index contributed by atoms with van der Waals surface area (Å²) in [6.45, 7) is 0.311. The zero-order valence-corrected chi connectivity index (χ0v) is 19.0. The van der Waals surface area contributed by atoms with Crippen molar-refractivity contribution in [2.24, 2.45) is 12.8 Å². The molecule has 0 bridgehead atoms. The number of fused-ring (bicyclic) bond motifs is 2. The van der Waals surface area contributed by atoms with E-state index in [0.717, 1.165) is 32.9 Å². The van der Waals surface area contributed by atoms with Crippen LogP contribution >= 0.6 is 12.4 Å². The van der Waals surface area contributed by atoms with Crippen molar-refractivity contribution in [1.82, 2.24) is 0 Å². The topological polar surface area (TPSA) is 68.2 Å². The Morgan fingerprint density at radius 3 is 2.13 bits per heavy atom. The number of ether oxygens (including phenoxy) is 1. The van der Waals surface area contributed by atoms with Gasteiger partial charge in [-0.25, -0.2) is 0 Å². The quantitative estimate of drug-likeness (QED) is 0.349. The van der Waals surface area contributed by atoms with E-state index in [1.807, 2.05) is 18.2 Å². The number of carbonyl (C=O) groups is 1. The highest BCUT2D eigenvalue weighted by atomic mass is 35.5. The molecule has 0 unspecified atom stereocenters. The second kappa shape index (κ2) is 10.4. The Balaban J connectivity index is 0.00000171. The first-order valence-corrected chi connectivity index (χ1v) is 9.62. The maximum atomic E-state index is 12.0. The number of aromatic nitrogens is 1. The van der Waals surface area contributed by atoms with E-state index in [1.165, 1.54) is 0 Å². The molecule has 0 radical (unpaired) electrons. The van der Waals surface area contributed by atoms with Crippen LogP contribution in [0.2, 0.25) is 0 Å². The molecule has 5 nitrogen and oxygen atoms in total. The maximum Gasteiger partial charge on any atom is 0.225 e. The molecule has 1 heterocycles. The lowest BCUT2D eigenvalue weighted by atomic mass is 9.95. The number of hydrogen-bond donors (Lipinski definition) is 2. The number of para-hydroxylation sites is 2. The van der Waals surface area contributed by atoms with Gasteiger partial charge >= 0.3 is 0 Å². The monoisotopic (exact) mass is 457 g/mol. The molecule has 4 rings (SSSR count). The molecule has 0 aliphatic heterocycles. The highest BCUT2D eigenvalue weighted by Crippen LogP contribution is 2.37. The first kappa shape index (κ1) is 24.4. The van der Waals surface area contributed by atoms with Crippen LogP contribution in [0.4, 0.5) is 5.69 Å². The minimum atomic E-state index is -0.124. The largest absolute Gasteiger partial charge is 1.00 e. The van der Waals surface area contributed by atoms with Gasteiger partial charge in [-0.3, -0.25) is 4.79 Å². The fourth-order valence-corrected chi connectivity index (χ4v) is 3.83. The van der Waals surface area contributed by atoms with Crippen LogP contribution in [0, 0.1) is 0 Å². The lowest BCUT2D eigenvalue weighted by Crippen LogP contribution is -3.00. The van der Waals surface area contributed by atoms with Crippen LogP contribution in [0.5, 0.6) is 5.75 Å². The van der Waals surface area contributed by atoms with Gasteiger partial charge in [-0.15, -0.1) is 12.4 Å². The minimum absolute atomic E-state index is 0. The fourth-order valence-electron chi connectivity index (χ4n) is 3.83. The number of anilines is 1. The Morgan fingerprint density at radius 2 is 1.58 bits per heavy atom. The zero-order valence-electron chi connectivity index (χ0n) is 17.4. The van der Waals surface area contributed by atoms with Crippen molar-refractivity contribution in [2.45, 2.75) is 6.42 Å². The summed E-state index contributed by atoms with van der Waals surface area (Å²) in [6, 6.07) is 22.6. The summed E-state index contributed by atoms with van der Waals surface area (Å²) < 4.78 is 7.80. The van der Waals surface area contributed by atoms with Gasteiger partial charge < -0.3 is 28.2 Å². The van der Waals surface area contributed by atoms with Crippen LogP contribution in [0.3, 0.4) is 0 Å². The second-order valence-electron chi connectivity index (χ2n) is 6.97. The maximum absolute atomic E-state index is 12.0. The van der Waals surface area contributed by atoms with Crippen LogP contribution in [0.15, 0.2) is 66.7 Å². The van der Waals surface area contributed by atoms with Crippen molar-refractivity contribution in [2.75, 3.05) is 19.0 Å². The van der Waals surface area contributed by atoms with Gasteiger partial charge in [0.05, 0.1) is 23.6 Å². The number of aryl methyl sites for hydroxylation is 1. The second-order valence-corrected chi connectivity index (χ2v) is 6.97. The summed E-state index contributed by atoms with van der Waals surface area (Å²) in [5, 5.41) is 5.20. The Labute approximate surface area is 194 Å². The number of amides is 1. The Hall–Kier alpha value is -2.86. The van der Waals surface area contributed by atoms with E-state index in [4.69, 9.17) is 10.5 Å². The van der Waals surface area contributed by atoms with Crippen LogP contribution in [-0.4, -0.2) is 19.6 Å². The average Bonchev–Trinajstić information content (AvgIpc) is 2.75. The molecule has 0 aliphatic rings. The molecule has 162 valence electrons. The molecule has 3 aromatic carbocycles. The molecule has 7 heteroatoms. The third-order valence-electron chi connectivity index (χ3n) is 5.21. The van der Waals surface area contributed by atoms with Crippen LogP contribution in [0.1, 0.15) is 6.42 Å². The molecular formula is C24H25Cl2N3O2. The molecule has 1 amide bonds. The molecule has 0 saturated heterocycles. The standard InChI is InChI=1S/C24H23N3O2.2ClH/c1-27-20-9-5-3-7-17(20)24(18-8-4-6-10-21(18)27)16-11-12-19(22(15-16)29-2)26-23(28)13-14-25;;/h3-12,15H,13-14,25H2,1-2H3;2*1H. The van der Waals surface area contributed by atoms with Gasteiger partial charge in [0.1, 0.15) is 12.8 Å². The van der Waals surface area contributed by atoms with E-state index >= 15 is 0 Å². The Bertz CT molecular complexity index is 1170. The summed E-state index contributed by atoms with van der Waals surface area (Å²) in [7, 11) is 3.70. The normalized spacial score (nSPS) is 10.3. The van der Waals surface area contributed by atoms with E-state index in [-0.39, 0.29) is 37.1 Å². The van der Waals surface area contributed by atoms with Crippen molar-refractivity contribution >= 4 is 45.8 Å². The molecular weight excluding hydrogens is 433 g/mol. The molecule has 31 heavy (non-hydrogen) atoms. The van der Waals surface area contributed by atoms with Crippen LogP contribution in [0.25, 0.3) is 32.9 Å². The number of rotatable bonds is 5. The summed E-state index contributed by atoms with van der Waals surface area (Å²) in [5.74, 6) is 0.496. The van der Waals surface area contributed by atoms with E-state index < -0.39 is 0 Å². The van der Waals surface area contributed by atoms with Crippen molar-refractivity contribution in [1.29, 1.82) is 0 Å². The van der Waals surface area contributed by atoms with Gasteiger partial charge in [0.2, 0.25) is 16.9 Å². The molecule has 0 saturated carbocycles. The molecule has 3 N–H and O–H groups in total. The predicted octanol–water partition coefficient (Wildman–Crippen LogP) is 1.21. The number of nitrogens with one attached hydrogen (secondary N) is 1. The summed E-state index contributed by atoms with van der Waals surface area (Å²) in [4.78, 5) is 12.0. The number of pyridine rings is 1. The summed E-state index contributed by atoms with van der Waals surface area (Å²) in [6.07, 6.45) is 0.273. The van der Waals surface area contributed by atoms with Crippen molar-refractivity contribution in [3.63, 3.8) is 0 Å². The van der Waals surface area contributed by atoms with E-state index in [9.17, 15) is 4.79 Å². The van der Waals surface area contributed by atoms with Crippen LogP contribution in [-0.2, 0) is 11.8 Å². The van der Waals surface area contributed by atoms with Crippen molar-refractivity contribution in [3.05, 3.63) is 66.7 Å². The predicted molar refractivity (Wildman–Crippen MR) is 124 cm³/mol. The lowest BCUT2D eigenvalue weighted by molar-refractivity contribution is -0.617. The highest BCUT2D eigenvalue weighted by molar-refractivity contribution is 6.07. The summed E-state index contributed by atoms with van der Waals surface area (Å²) in [5.41, 5.74) is 10.6. The third kappa shape index (κ3) is 4.59. The molecule has 0 atom stereocenters. The SMILES string of the molecule is COc1cc(-c2c3ccccc3[n+](C)c3ccccc23)ccc1NC(=O)CCN.Cl.[Cl-]. The van der Waals surface area contributed by atoms with Gasteiger partial charge in [-0.05, 0) is 29.8 Å². The summed E-state index contributed by atoms with van der Waals surface area (Å²) >= 11 is 0. The number of benzene rings is 3. The average molecular weight is 458 g/mol. The van der Waals surface area contributed by atoms with Crippen molar-refractivity contribution in [3.8, 4) is 16.9 Å². The number of halogens is 2. The minimum Gasteiger partial charge on any atom is -1.00 e. The molecule has 0 spiro atoms. The number of hydrogen-bond acceptors (Lipinski definition) is 3. The van der Waals surface area contributed by atoms with Gasteiger partial charge in [-0.2, -0.15) is 4.57 Å². The first-order chi connectivity index (χ1) is 14.1. The third-order valence-corrected chi connectivity index (χ3v) is 5.21. The Kier molecular flexibility index (Phi) is 8.22. The molecule has 1 aromatic heterocycles. The smallest absolute Gasteiger partial charge is 0.225 e. The lowest BCUT2D eigenvalue weighted by Gasteiger charge is -2.14. The van der Waals surface area contributed by atoms with Crippen molar-refractivity contribution < 1.29 is 26.5 Å². The number of methoxy groups -OCH3 is 1. The van der Waals surface area contributed by atoms with E-state index in [2.05, 4.69) is 65.5 Å². The van der Waals surface area contributed by atoms with Gasteiger partial charge in [0, 0.05) is 30.7 Å². The number of nitrogens with zero attached hydrogens (tertiary/aromatic N) is 1. The van der Waals surface area contributed by atoms with Gasteiger partial charge in [-0.1, -0.05) is 30.3 Å². The van der Waals surface area contributed by atoms with E-state index in [1.54, 1.807) is 7.11 Å². The van der Waals surface area contributed by atoms with Crippen LogP contribution < -0.4 is 32.8 Å². The first-order valence-electron chi connectivity index (χ1n) is 9.62. The number of carbonyl (C=O) groups excluding carboxylic acids is 1. The molecule has 4 aromatic rings. The fraction of sp³-hybridized carbons (Fsp3) is 0.167. The zero-order chi connectivity index (χ0) is 20.4. The Morgan fingerprint density at radius 1 is 1.00 bits per heavy atom. The highest BCUT2D eigenvalue weighted by Gasteiger charge is 2.19. The molecule has 0 fully saturated rings. The molecule has 0 aliphatic carbocycles. The van der Waals surface area contributed by atoms with Gasteiger partial charge in [0.25, 0.3) is 0 Å². The number of nitrogens with two attached hydrogens (primary N) is 1. The van der Waals surface area contributed by atoms with Gasteiger partial charge in [0.15, 0.2) is 0 Å². The van der Waals surface area contributed by atoms with E-state index in [0.29, 0.717) is 18.0 Å².